The zero-order valence-corrected chi connectivity index (χ0v) is 18.8. The van der Waals surface area contributed by atoms with Crippen molar-refractivity contribution in [3.8, 4) is 0 Å². The maximum atomic E-state index is 11.8. The number of carbonyl (C=O) groups excluding carboxylic acids is 1. The van der Waals surface area contributed by atoms with Crippen molar-refractivity contribution < 1.29 is 19.4 Å². The number of hydrogen-bond acceptors (Lipinski definition) is 6. The van der Waals surface area contributed by atoms with E-state index in [0.717, 1.165) is 22.6 Å². The van der Waals surface area contributed by atoms with Crippen LogP contribution in [-0.4, -0.2) is 23.9 Å². The van der Waals surface area contributed by atoms with E-state index in [2.05, 4.69) is 34.3 Å². The summed E-state index contributed by atoms with van der Waals surface area (Å²) in [5, 5.41) is 4.14. The highest BCUT2D eigenvalue weighted by Gasteiger charge is 2.18. The number of anilines is 3. The Balaban J connectivity index is 1.85. The Morgan fingerprint density at radius 2 is 1.38 bits per heavy atom. The fourth-order valence-corrected chi connectivity index (χ4v) is 2.98. The molecule has 0 aliphatic heterocycles. The molecule has 6 heteroatoms. The highest BCUT2D eigenvalue weighted by molar-refractivity contribution is 6.05. The van der Waals surface area contributed by atoms with Crippen molar-refractivity contribution in [1.82, 2.24) is 0 Å². The maximum Gasteiger partial charge on any atom is 0.382 e. The Hall–Kier alpha value is -3.64. The third-order valence-electron chi connectivity index (χ3n) is 4.33. The Labute approximate surface area is 189 Å². The predicted octanol–water partition coefficient (Wildman–Crippen LogP) is 6.17. The first-order chi connectivity index (χ1) is 15.3. The second kappa shape index (κ2) is 10.6. The average molecular weight is 433 g/mol. The molecule has 0 atom stereocenters. The van der Waals surface area contributed by atoms with Gasteiger partial charge in [0.1, 0.15) is 5.60 Å². The molecule has 0 radical (unpaired) electrons. The van der Waals surface area contributed by atoms with Gasteiger partial charge in [0.05, 0.1) is 11.4 Å². The molecule has 0 unspecified atom stereocenters. The fraction of sp³-hybridized carbons (Fsp3) is 0.231. The molecule has 0 fully saturated rings. The second-order valence-electron chi connectivity index (χ2n) is 8.12. The summed E-state index contributed by atoms with van der Waals surface area (Å²) in [5.74, 6) is -0.653. The summed E-state index contributed by atoms with van der Waals surface area (Å²) < 4.78 is 0. The highest BCUT2D eigenvalue weighted by atomic mass is 17.2. The summed E-state index contributed by atoms with van der Waals surface area (Å²) in [6, 6.07) is 28.1. The van der Waals surface area contributed by atoms with E-state index in [0.29, 0.717) is 5.71 Å². The molecule has 0 aliphatic carbocycles. The molecule has 166 valence electrons. The van der Waals surface area contributed by atoms with Crippen molar-refractivity contribution in [2.24, 2.45) is 5.16 Å². The van der Waals surface area contributed by atoms with Gasteiger partial charge in [0.15, 0.2) is 0 Å². The molecule has 6 nitrogen and oxygen atoms in total. The molecule has 0 heterocycles. The van der Waals surface area contributed by atoms with Crippen molar-refractivity contribution in [3.63, 3.8) is 0 Å². The molecule has 0 spiro atoms. The standard InChI is InChI=1S/C26H28N2O4/c1-20(27-30-19-25(29)31-32-26(2,3)4)23-17-11-12-18-24(23)28(21-13-7-5-8-14-21)22-15-9-6-10-16-22/h5-18H,19H2,1-4H3/b27-20+. The summed E-state index contributed by atoms with van der Waals surface area (Å²) in [4.78, 5) is 28.9. The summed E-state index contributed by atoms with van der Waals surface area (Å²) in [6.07, 6.45) is 0. The van der Waals surface area contributed by atoms with Crippen molar-refractivity contribution >= 4 is 28.7 Å². The monoisotopic (exact) mass is 432 g/mol. The molecule has 0 saturated carbocycles. The molecule has 3 aromatic rings. The van der Waals surface area contributed by atoms with Gasteiger partial charge in [0.25, 0.3) is 0 Å². The van der Waals surface area contributed by atoms with E-state index in [-0.39, 0.29) is 6.61 Å². The lowest BCUT2D eigenvalue weighted by Gasteiger charge is -2.27. The van der Waals surface area contributed by atoms with Crippen LogP contribution in [0.4, 0.5) is 17.1 Å². The first kappa shape index (κ1) is 23.0. The lowest BCUT2D eigenvalue weighted by Crippen LogP contribution is -2.23. The molecule has 0 bridgehead atoms. The van der Waals surface area contributed by atoms with Gasteiger partial charge in [0.2, 0.25) is 6.61 Å². The molecule has 0 amide bonds. The third kappa shape index (κ3) is 6.43. The molecule has 0 aromatic heterocycles. The van der Waals surface area contributed by atoms with Gasteiger partial charge < -0.3 is 9.74 Å². The number of benzene rings is 3. The van der Waals surface area contributed by atoms with E-state index in [1.165, 1.54) is 0 Å². The zero-order chi connectivity index (χ0) is 23.0. The SMILES string of the molecule is C/C(=N\OCC(=O)OOC(C)(C)C)c1ccccc1N(c1ccccc1)c1ccccc1. The Morgan fingerprint density at radius 3 is 1.94 bits per heavy atom. The lowest BCUT2D eigenvalue weighted by atomic mass is 10.1. The smallest absolute Gasteiger partial charge is 0.382 e. The summed E-state index contributed by atoms with van der Waals surface area (Å²) in [7, 11) is 0. The number of carbonyl (C=O) groups is 1. The Morgan fingerprint density at radius 1 is 0.844 bits per heavy atom. The van der Waals surface area contributed by atoms with E-state index in [9.17, 15) is 4.79 Å². The quantitative estimate of drug-likeness (QED) is 0.242. The van der Waals surface area contributed by atoms with E-state index >= 15 is 0 Å². The Kier molecular flexibility index (Phi) is 7.63. The molecular weight excluding hydrogens is 404 g/mol. The number of hydrogen-bond donors (Lipinski definition) is 0. The van der Waals surface area contributed by atoms with Crippen LogP contribution >= 0.6 is 0 Å². The fourth-order valence-electron chi connectivity index (χ4n) is 2.98. The highest BCUT2D eigenvalue weighted by Crippen LogP contribution is 2.36. The number of oxime groups is 1. The van der Waals surface area contributed by atoms with Gasteiger partial charge in [-0.15, -0.1) is 0 Å². The first-order valence-corrected chi connectivity index (χ1v) is 10.4. The van der Waals surface area contributed by atoms with Crippen LogP contribution in [0.1, 0.15) is 33.3 Å². The zero-order valence-electron chi connectivity index (χ0n) is 18.8. The molecule has 0 N–H and O–H groups in total. The number of para-hydroxylation sites is 3. The third-order valence-corrected chi connectivity index (χ3v) is 4.33. The minimum absolute atomic E-state index is 0.351. The van der Waals surface area contributed by atoms with E-state index in [1.54, 1.807) is 20.8 Å². The van der Waals surface area contributed by atoms with Crippen molar-refractivity contribution in [3.05, 3.63) is 90.5 Å². The van der Waals surface area contributed by atoms with Gasteiger partial charge >= 0.3 is 5.97 Å². The van der Waals surface area contributed by atoms with E-state index in [1.807, 2.05) is 67.6 Å². The second-order valence-corrected chi connectivity index (χ2v) is 8.12. The van der Waals surface area contributed by atoms with Gasteiger partial charge in [-0.05, 0) is 58.0 Å². The number of nitrogens with zero attached hydrogens (tertiary/aromatic N) is 2. The predicted molar refractivity (Wildman–Crippen MR) is 126 cm³/mol. The van der Waals surface area contributed by atoms with Crippen LogP contribution in [0.5, 0.6) is 0 Å². The van der Waals surface area contributed by atoms with Crippen molar-refractivity contribution in [1.29, 1.82) is 0 Å². The van der Waals surface area contributed by atoms with Gasteiger partial charge in [0, 0.05) is 16.9 Å². The minimum Gasteiger partial charge on any atom is -0.383 e. The summed E-state index contributed by atoms with van der Waals surface area (Å²) >= 11 is 0. The average Bonchev–Trinajstić information content (AvgIpc) is 2.79. The van der Waals surface area contributed by atoms with Gasteiger partial charge in [-0.25, -0.2) is 4.79 Å². The lowest BCUT2D eigenvalue weighted by molar-refractivity contribution is -0.322. The van der Waals surface area contributed by atoms with Crippen LogP contribution in [0.3, 0.4) is 0 Å². The Bertz CT molecular complexity index is 1000. The molecule has 3 rings (SSSR count). The maximum absolute atomic E-state index is 11.8. The largest absolute Gasteiger partial charge is 0.383 e. The van der Waals surface area contributed by atoms with Crippen LogP contribution in [0.15, 0.2) is 90.1 Å². The van der Waals surface area contributed by atoms with Crippen LogP contribution in [0.2, 0.25) is 0 Å². The molecular formula is C26H28N2O4. The van der Waals surface area contributed by atoms with Gasteiger partial charge in [-0.1, -0.05) is 59.8 Å². The van der Waals surface area contributed by atoms with Crippen LogP contribution in [0.25, 0.3) is 0 Å². The van der Waals surface area contributed by atoms with Crippen LogP contribution in [-0.2, 0) is 19.4 Å². The molecule has 3 aromatic carbocycles. The molecule has 0 saturated heterocycles. The normalized spacial score (nSPS) is 11.7. The molecule has 0 aliphatic rings. The van der Waals surface area contributed by atoms with Crippen molar-refractivity contribution in [2.75, 3.05) is 11.5 Å². The summed E-state index contributed by atoms with van der Waals surface area (Å²) in [6.45, 7) is 6.84. The van der Waals surface area contributed by atoms with E-state index < -0.39 is 11.6 Å². The van der Waals surface area contributed by atoms with Crippen molar-refractivity contribution in [2.45, 2.75) is 33.3 Å². The minimum atomic E-state index is -0.653. The topological polar surface area (TPSA) is 60.4 Å². The molecule has 32 heavy (non-hydrogen) atoms. The van der Waals surface area contributed by atoms with E-state index in [4.69, 9.17) is 14.6 Å². The first-order valence-electron chi connectivity index (χ1n) is 10.4. The van der Waals surface area contributed by atoms with Gasteiger partial charge in [-0.3, -0.25) is 4.89 Å². The summed E-state index contributed by atoms with van der Waals surface area (Å²) in [5.41, 5.74) is 3.88. The number of rotatable bonds is 8. The van der Waals surface area contributed by atoms with Gasteiger partial charge in [-0.2, -0.15) is 4.89 Å². The van der Waals surface area contributed by atoms with Crippen LogP contribution < -0.4 is 4.90 Å². The van der Waals surface area contributed by atoms with Crippen LogP contribution in [0, 0.1) is 0 Å².